The summed E-state index contributed by atoms with van der Waals surface area (Å²) < 4.78 is 44.4. The van der Waals surface area contributed by atoms with Crippen LogP contribution in [-0.4, -0.2) is 25.7 Å². The Labute approximate surface area is 116 Å². The molecule has 1 unspecified atom stereocenters. The maximum atomic E-state index is 13.9. The molecule has 1 aromatic carbocycles. The first-order chi connectivity index (χ1) is 9.47. The van der Waals surface area contributed by atoms with Crippen molar-refractivity contribution in [2.75, 3.05) is 6.61 Å². The van der Waals surface area contributed by atoms with Gasteiger partial charge in [0, 0.05) is 19.3 Å². The van der Waals surface area contributed by atoms with Gasteiger partial charge in [0.25, 0.3) is 0 Å². The number of sulfonamides is 1. The molecule has 1 aliphatic heterocycles. The summed E-state index contributed by atoms with van der Waals surface area (Å²) in [5.41, 5.74) is 0.518. The highest BCUT2D eigenvalue weighted by Crippen LogP contribution is 2.28. The van der Waals surface area contributed by atoms with Crippen molar-refractivity contribution >= 4 is 20.9 Å². The zero-order valence-corrected chi connectivity index (χ0v) is 11.6. The number of halogens is 1. The monoisotopic (exact) mass is 298 g/mol. The molecule has 1 saturated heterocycles. The number of aromatic nitrogens is 1. The fraction of sp³-hybridized carbons (Fsp3) is 0.385. The highest BCUT2D eigenvalue weighted by atomic mass is 32.2. The molecule has 0 amide bonds. The number of hydrogen-bond acceptors (Lipinski definition) is 3. The molecule has 0 spiro atoms. The Bertz CT molecular complexity index is 748. The van der Waals surface area contributed by atoms with Crippen molar-refractivity contribution in [3.63, 3.8) is 0 Å². The zero-order valence-electron chi connectivity index (χ0n) is 10.8. The first-order valence-electron chi connectivity index (χ1n) is 6.38. The van der Waals surface area contributed by atoms with Crippen LogP contribution in [0, 0.1) is 5.82 Å². The predicted octanol–water partition coefficient (Wildman–Crippen LogP) is 1.61. The SMILES string of the molecule is NS(=O)(=O)c1cn(CC2CCCO2)c2cccc(F)c12. The average molecular weight is 298 g/mol. The third-order valence-corrected chi connectivity index (χ3v) is 4.47. The summed E-state index contributed by atoms with van der Waals surface area (Å²) >= 11 is 0. The molecular formula is C13H15FN2O3S. The second-order valence-electron chi connectivity index (χ2n) is 4.96. The number of benzene rings is 1. The Morgan fingerprint density at radius 1 is 1.45 bits per heavy atom. The quantitative estimate of drug-likeness (QED) is 0.935. The van der Waals surface area contributed by atoms with Gasteiger partial charge >= 0.3 is 0 Å². The van der Waals surface area contributed by atoms with Gasteiger partial charge in [-0.1, -0.05) is 6.07 Å². The van der Waals surface area contributed by atoms with Crippen molar-refractivity contribution in [1.29, 1.82) is 0 Å². The van der Waals surface area contributed by atoms with Crippen LogP contribution in [0.1, 0.15) is 12.8 Å². The van der Waals surface area contributed by atoms with Crippen LogP contribution in [0.5, 0.6) is 0 Å². The van der Waals surface area contributed by atoms with Gasteiger partial charge in [-0.2, -0.15) is 0 Å². The number of primary sulfonamides is 1. The largest absolute Gasteiger partial charge is 0.376 e. The highest BCUT2D eigenvalue weighted by molar-refractivity contribution is 7.89. The minimum Gasteiger partial charge on any atom is -0.376 e. The highest BCUT2D eigenvalue weighted by Gasteiger charge is 2.23. The maximum absolute atomic E-state index is 13.9. The molecule has 1 aliphatic rings. The fourth-order valence-corrected chi connectivity index (χ4v) is 3.41. The van der Waals surface area contributed by atoms with Crippen molar-refractivity contribution in [3.05, 3.63) is 30.2 Å². The molecule has 0 saturated carbocycles. The van der Waals surface area contributed by atoms with Crippen LogP contribution < -0.4 is 5.14 Å². The van der Waals surface area contributed by atoms with Gasteiger partial charge < -0.3 is 9.30 Å². The van der Waals surface area contributed by atoms with E-state index in [1.165, 1.54) is 12.3 Å². The Hall–Kier alpha value is -1.44. The van der Waals surface area contributed by atoms with E-state index in [-0.39, 0.29) is 16.4 Å². The molecule has 0 aliphatic carbocycles. The van der Waals surface area contributed by atoms with Crippen molar-refractivity contribution in [1.82, 2.24) is 4.57 Å². The third-order valence-electron chi connectivity index (χ3n) is 3.55. The molecule has 2 N–H and O–H groups in total. The van der Waals surface area contributed by atoms with Crippen LogP contribution in [0.2, 0.25) is 0 Å². The summed E-state index contributed by atoms with van der Waals surface area (Å²) in [7, 11) is -3.97. The van der Waals surface area contributed by atoms with E-state index in [2.05, 4.69) is 0 Å². The van der Waals surface area contributed by atoms with Crippen LogP contribution >= 0.6 is 0 Å². The summed E-state index contributed by atoms with van der Waals surface area (Å²) in [6.07, 6.45) is 3.33. The number of nitrogens with zero attached hydrogens (tertiary/aromatic N) is 1. The lowest BCUT2D eigenvalue weighted by atomic mass is 10.2. The molecule has 2 aromatic rings. The Morgan fingerprint density at radius 3 is 2.90 bits per heavy atom. The summed E-state index contributed by atoms with van der Waals surface area (Å²) in [5.74, 6) is -0.586. The van der Waals surface area contributed by atoms with Gasteiger partial charge in [-0.15, -0.1) is 0 Å². The molecule has 5 nitrogen and oxygen atoms in total. The van der Waals surface area contributed by atoms with Crippen LogP contribution in [-0.2, 0) is 21.3 Å². The number of nitrogens with two attached hydrogens (primary N) is 1. The summed E-state index contributed by atoms with van der Waals surface area (Å²) in [6.45, 7) is 1.20. The molecule has 0 bridgehead atoms. The van der Waals surface area contributed by atoms with Gasteiger partial charge in [0.2, 0.25) is 10.0 Å². The van der Waals surface area contributed by atoms with E-state index >= 15 is 0 Å². The van der Waals surface area contributed by atoms with Gasteiger partial charge in [0.15, 0.2) is 0 Å². The van der Waals surface area contributed by atoms with E-state index in [1.54, 1.807) is 16.7 Å². The van der Waals surface area contributed by atoms with Crippen LogP contribution in [0.25, 0.3) is 10.9 Å². The molecule has 20 heavy (non-hydrogen) atoms. The van der Waals surface area contributed by atoms with Crippen molar-refractivity contribution in [2.24, 2.45) is 5.14 Å². The van der Waals surface area contributed by atoms with Gasteiger partial charge in [-0.25, -0.2) is 17.9 Å². The third kappa shape index (κ3) is 2.32. The van der Waals surface area contributed by atoms with Gasteiger partial charge in [0.1, 0.15) is 10.7 Å². The molecule has 1 atom stereocenters. The Kier molecular flexibility index (Phi) is 3.27. The normalized spacial score (nSPS) is 19.8. The summed E-state index contributed by atoms with van der Waals surface area (Å²) in [4.78, 5) is -0.177. The second kappa shape index (κ2) is 4.83. The van der Waals surface area contributed by atoms with Crippen molar-refractivity contribution in [2.45, 2.75) is 30.4 Å². The van der Waals surface area contributed by atoms with Gasteiger partial charge in [-0.3, -0.25) is 0 Å². The zero-order chi connectivity index (χ0) is 14.3. The lowest BCUT2D eigenvalue weighted by Crippen LogP contribution is -2.15. The number of hydrogen-bond donors (Lipinski definition) is 1. The van der Waals surface area contributed by atoms with Crippen molar-refractivity contribution < 1.29 is 17.5 Å². The standard InChI is InChI=1S/C13H15FN2O3S/c14-10-4-1-5-11-13(10)12(20(15,17)18)8-16(11)7-9-3-2-6-19-9/h1,4-5,8-9H,2-3,6-7H2,(H2,15,17,18). The van der Waals surface area contributed by atoms with Gasteiger partial charge in [0.05, 0.1) is 17.0 Å². The summed E-state index contributed by atoms with van der Waals surface area (Å²) in [6, 6.07) is 4.46. The molecule has 1 fully saturated rings. The van der Waals surface area contributed by atoms with Crippen molar-refractivity contribution in [3.8, 4) is 0 Å². The number of fused-ring (bicyclic) bond motifs is 1. The maximum Gasteiger partial charge on any atom is 0.240 e. The first kappa shape index (κ1) is 13.5. The smallest absolute Gasteiger partial charge is 0.240 e. The van der Waals surface area contributed by atoms with E-state index in [1.807, 2.05) is 0 Å². The van der Waals surface area contributed by atoms with E-state index < -0.39 is 15.8 Å². The lowest BCUT2D eigenvalue weighted by Gasteiger charge is -2.11. The molecule has 1 aromatic heterocycles. The molecule has 0 radical (unpaired) electrons. The summed E-state index contributed by atoms with van der Waals surface area (Å²) in [5, 5.41) is 5.22. The minimum atomic E-state index is -3.97. The predicted molar refractivity (Wildman–Crippen MR) is 72.2 cm³/mol. The van der Waals surface area contributed by atoms with E-state index in [0.717, 1.165) is 12.8 Å². The minimum absolute atomic E-state index is 0.0298. The molecule has 3 rings (SSSR count). The number of rotatable bonds is 3. The fourth-order valence-electron chi connectivity index (χ4n) is 2.65. The molecule has 108 valence electrons. The molecule has 7 heteroatoms. The van der Waals surface area contributed by atoms with E-state index in [4.69, 9.17) is 9.88 Å². The second-order valence-corrected chi connectivity index (χ2v) is 6.49. The Balaban J connectivity index is 2.15. The number of ether oxygens (including phenoxy) is 1. The molecule has 2 heterocycles. The Morgan fingerprint density at radius 2 is 2.25 bits per heavy atom. The molecular weight excluding hydrogens is 283 g/mol. The van der Waals surface area contributed by atoms with E-state index in [0.29, 0.717) is 18.7 Å². The van der Waals surface area contributed by atoms with Crippen LogP contribution in [0.3, 0.4) is 0 Å². The van der Waals surface area contributed by atoms with Crippen LogP contribution in [0.4, 0.5) is 4.39 Å². The van der Waals surface area contributed by atoms with Gasteiger partial charge in [-0.05, 0) is 25.0 Å². The lowest BCUT2D eigenvalue weighted by molar-refractivity contribution is 0.0979. The van der Waals surface area contributed by atoms with Crippen LogP contribution in [0.15, 0.2) is 29.3 Å². The first-order valence-corrected chi connectivity index (χ1v) is 7.93. The average Bonchev–Trinajstić information content (AvgIpc) is 2.98. The topological polar surface area (TPSA) is 74.3 Å². The van der Waals surface area contributed by atoms with E-state index in [9.17, 15) is 12.8 Å².